The highest BCUT2D eigenvalue weighted by Crippen LogP contribution is 2.38. The molecule has 0 bridgehead atoms. The summed E-state index contributed by atoms with van der Waals surface area (Å²) in [7, 11) is 0. The number of unbranched alkanes of at least 4 members (excludes halogenated alkanes) is 3. The Balaban J connectivity index is 1.86. The van der Waals surface area contributed by atoms with Crippen LogP contribution in [0.15, 0.2) is 0 Å². The lowest BCUT2D eigenvalue weighted by atomic mass is 9.84. The maximum absolute atomic E-state index is 2.76. The van der Waals surface area contributed by atoms with E-state index in [9.17, 15) is 0 Å². The minimum absolute atomic E-state index is 0.463. The van der Waals surface area contributed by atoms with Gasteiger partial charge in [-0.2, -0.15) is 0 Å². The lowest BCUT2D eigenvalue weighted by Crippen LogP contribution is -2.64. The normalized spacial score (nSPS) is 27.4. The zero-order valence-corrected chi connectivity index (χ0v) is 22.7. The maximum Gasteiger partial charge on any atom is 0.112 e. The average molecular weight is 450 g/mol. The van der Waals surface area contributed by atoms with Crippen LogP contribution in [-0.2, 0) is 0 Å². The quantitative estimate of drug-likeness (QED) is 0.201. The van der Waals surface area contributed by atoms with Crippen molar-refractivity contribution in [2.75, 3.05) is 72.0 Å². The summed E-state index contributed by atoms with van der Waals surface area (Å²) in [5, 5.41) is 0. The molecular weight excluding hydrogens is 390 g/mol. The molecule has 1 unspecified atom stereocenters. The second-order valence-corrected chi connectivity index (χ2v) is 12.8. The molecule has 3 nitrogen and oxygen atoms in total. The predicted octanol–water partition coefficient (Wildman–Crippen LogP) is 6.39. The first kappa shape index (κ1) is 26.5. The minimum Gasteiger partial charge on any atom is -0.454 e. The van der Waals surface area contributed by atoms with Crippen LogP contribution in [0.25, 0.3) is 0 Å². The minimum atomic E-state index is 0.463. The summed E-state index contributed by atoms with van der Waals surface area (Å²) >= 11 is 0. The summed E-state index contributed by atoms with van der Waals surface area (Å²) in [6.45, 7) is 28.6. The molecule has 0 radical (unpaired) electrons. The van der Waals surface area contributed by atoms with Crippen LogP contribution in [0.1, 0.15) is 105 Å². The molecule has 3 rings (SSSR count). The summed E-state index contributed by atoms with van der Waals surface area (Å²) in [5.74, 6) is 0. The van der Waals surface area contributed by atoms with E-state index >= 15 is 0 Å². The van der Waals surface area contributed by atoms with Crippen molar-refractivity contribution in [3.63, 3.8) is 0 Å². The number of hydrogen-bond acceptors (Lipinski definition) is 0. The van der Waals surface area contributed by atoms with Crippen LogP contribution in [0, 0.1) is 12.0 Å². The molecule has 0 spiro atoms. The number of quaternary nitrogens is 3. The summed E-state index contributed by atoms with van der Waals surface area (Å²) < 4.78 is 4.24. The van der Waals surface area contributed by atoms with Crippen molar-refractivity contribution in [3.8, 4) is 0 Å². The van der Waals surface area contributed by atoms with Crippen molar-refractivity contribution in [2.45, 2.75) is 105 Å². The summed E-state index contributed by atoms with van der Waals surface area (Å²) in [4.78, 5) is 0. The molecule has 188 valence electrons. The van der Waals surface area contributed by atoms with Crippen molar-refractivity contribution in [1.29, 1.82) is 0 Å². The molecule has 0 aromatic rings. The van der Waals surface area contributed by atoms with Gasteiger partial charge in [-0.05, 0) is 32.6 Å². The summed E-state index contributed by atoms with van der Waals surface area (Å²) in [5.41, 5.74) is 0.463. The third kappa shape index (κ3) is 6.95. The Bertz CT molecular complexity index is 450. The molecule has 3 heterocycles. The first-order chi connectivity index (χ1) is 15.4. The molecule has 0 N–H and O–H groups in total. The molecule has 3 fully saturated rings. The van der Waals surface area contributed by atoms with Gasteiger partial charge >= 0.3 is 0 Å². The zero-order chi connectivity index (χ0) is 23.0. The van der Waals surface area contributed by atoms with Crippen molar-refractivity contribution >= 4 is 0 Å². The van der Waals surface area contributed by atoms with Crippen LogP contribution in [0.5, 0.6) is 0 Å². The van der Waals surface area contributed by atoms with E-state index in [2.05, 4.69) is 34.2 Å². The Kier molecular flexibility index (Phi) is 9.95. The fourth-order valence-electron chi connectivity index (χ4n) is 8.21. The van der Waals surface area contributed by atoms with Crippen LogP contribution in [0.2, 0.25) is 0 Å². The molecule has 1 atom stereocenters. The van der Waals surface area contributed by atoms with Gasteiger partial charge in [0.05, 0.1) is 72.0 Å². The van der Waals surface area contributed by atoms with Gasteiger partial charge in [0.25, 0.3) is 0 Å². The van der Waals surface area contributed by atoms with E-state index in [1.807, 2.05) is 0 Å². The zero-order valence-electron chi connectivity index (χ0n) is 22.7. The highest BCUT2D eigenvalue weighted by atomic mass is 15.4. The molecule has 0 aliphatic carbocycles. The Hall–Kier alpha value is -0.120. The Morgan fingerprint density at radius 2 is 1.06 bits per heavy atom. The number of likely N-dealkylation sites (tertiary alicyclic amines) is 3. The van der Waals surface area contributed by atoms with E-state index in [0.29, 0.717) is 5.41 Å². The van der Waals surface area contributed by atoms with Crippen LogP contribution in [0.3, 0.4) is 0 Å². The molecule has 3 saturated heterocycles. The van der Waals surface area contributed by atoms with Crippen molar-refractivity contribution in [2.24, 2.45) is 5.41 Å². The predicted molar refractivity (Wildman–Crippen MR) is 139 cm³/mol. The van der Waals surface area contributed by atoms with Crippen LogP contribution < -0.4 is 0 Å². The van der Waals surface area contributed by atoms with E-state index in [1.165, 1.54) is 162 Å². The fourth-order valence-corrected chi connectivity index (χ4v) is 8.21. The second kappa shape index (κ2) is 12.0. The highest BCUT2D eigenvalue weighted by molar-refractivity contribution is 4.81. The van der Waals surface area contributed by atoms with Crippen LogP contribution in [0.4, 0.5) is 0 Å². The molecular formula is C29H59N3+2. The molecule has 0 aromatic heterocycles. The van der Waals surface area contributed by atoms with Gasteiger partial charge in [0.1, 0.15) is 5.41 Å². The molecule has 3 aliphatic heterocycles. The van der Waals surface area contributed by atoms with Crippen LogP contribution >= 0.6 is 0 Å². The Morgan fingerprint density at radius 1 is 0.594 bits per heavy atom. The fraction of sp³-hybridized carbons (Fsp3) is 0.966. The smallest absolute Gasteiger partial charge is 0.112 e. The monoisotopic (exact) mass is 449 g/mol. The van der Waals surface area contributed by atoms with Gasteiger partial charge in [-0.1, -0.05) is 40.0 Å². The first-order valence-corrected chi connectivity index (χ1v) is 14.8. The summed E-state index contributed by atoms with van der Waals surface area (Å²) in [6, 6.07) is 0. The third-order valence-corrected chi connectivity index (χ3v) is 9.41. The van der Waals surface area contributed by atoms with Gasteiger partial charge < -0.3 is 13.4 Å². The number of nitrogens with zero attached hydrogens (tertiary/aromatic N) is 3. The van der Waals surface area contributed by atoms with E-state index in [-0.39, 0.29) is 0 Å². The number of rotatable bonds is 15. The Labute approximate surface area is 202 Å². The van der Waals surface area contributed by atoms with Gasteiger partial charge in [-0.15, -0.1) is 13.0 Å². The second-order valence-electron chi connectivity index (χ2n) is 12.8. The number of hydrogen-bond donors (Lipinski definition) is 0. The maximum atomic E-state index is 2.76. The Morgan fingerprint density at radius 3 is 1.47 bits per heavy atom. The van der Waals surface area contributed by atoms with Crippen LogP contribution in [-0.4, -0.2) is 85.4 Å². The van der Waals surface area contributed by atoms with Crippen molar-refractivity contribution in [1.82, 2.24) is 0 Å². The largest absolute Gasteiger partial charge is 0.454 e. The molecule has 3 aliphatic rings. The first-order valence-electron chi connectivity index (χ1n) is 14.8. The van der Waals surface area contributed by atoms with E-state index in [0.717, 1.165) is 0 Å². The van der Waals surface area contributed by atoms with E-state index in [1.54, 1.807) is 0 Å². The van der Waals surface area contributed by atoms with E-state index < -0.39 is 0 Å². The average Bonchev–Trinajstić information content (AvgIpc) is 3.52. The molecule has 0 aromatic carbocycles. The van der Waals surface area contributed by atoms with Gasteiger partial charge in [0.15, 0.2) is 0 Å². The van der Waals surface area contributed by atoms with Gasteiger partial charge in [0, 0.05) is 25.7 Å². The SMILES string of the molecule is CCCC[N+]1(CC(C)(C[N+]2(CCCC)CCCC2)C[N+]2(CCCC)CCCC2)[CH-]CCC1. The lowest BCUT2D eigenvalue weighted by molar-refractivity contribution is -0.961. The van der Waals surface area contributed by atoms with Gasteiger partial charge in [0.2, 0.25) is 0 Å². The van der Waals surface area contributed by atoms with E-state index in [4.69, 9.17) is 0 Å². The molecule has 0 saturated carbocycles. The topological polar surface area (TPSA) is 0 Å². The summed E-state index contributed by atoms with van der Waals surface area (Å²) in [6.07, 6.45) is 17.0. The molecule has 32 heavy (non-hydrogen) atoms. The highest BCUT2D eigenvalue weighted by Gasteiger charge is 2.49. The van der Waals surface area contributed by atoms with Gasteiger partial charge in [-0.3, -0.25) is 0 Å². The van der Waals surface area contributed by atoms with Crippen molar-refractivity contribution < 1.29 is 13.4 Å². The standard InChI is InChI=1S/C29H59N3/c1-5-8-17-30(20-11-12-21-30)26-29(4,27-31(18-9-6-2)22-13-14-23-31)28-32(19-10-7-3)24-15-16-25-32/h20H,5-19,21-28H2,1-4H3/q+2. The third-order valence-electron chi connectivity index (χ3n) is 9.41. The lowest BCUT2D eigenvalue weighted by Gasteiger charge is -2.53. The molecule has 3 heteroatoms. The van der Waals surface area contributed by atoms with Crippen molar-refractivity contribution in [3.05, 3.63) is 6.54 Å². The molecule has 0 amide bonds. The van der Waals surface area contributed by atoms with Gasteiger partial charge in [-0.25, -0.2) is 0 Å².